The van der Waals surface area contributed by atoms with Gasteiger partial charge in [-0.25, -0.2) is 0 Å². The van der Waals surface area contributed by atoms with Crippen LogP contribution in [0.1, 0.15) is 46.3 Å². The lowest BCUT2D eigenvalue weighted by molar-refractivity contribution is 0.0234. The monoisotopic (exact) mass is 328 g/mol. The van der Waals surface area contributed by atoms with Gasteiger partial charge in [-0.3, -0.25) is 4.79 Å². The van der Waals surface area contributed by atoms with E-state index in [0.29, 0.717) is 25.2 Å². The fourth-order valence-electron chi connectivity index (χ4n) is 3.46. The van der Waals surface area contributed by atoms with Crippen LogP contribution in [0, 0.1) is 12.8 Å². The molecule has 2 heterocycles. The van der Waals surface area contributed by atoms with Crippen molar-refractivity contribution in [1.82, 2.24) is 10.5 Å². The van der Waals surface area contributed by atoms with Gasteiger partial charge >= 0.3 is 0 Å². The third kappa shape index (κ3) is 2.78. The second-order valence-corrected chi connectivity index (χ2v) is 6.62. The van der Waals surface area contributed by atoms with Gasteiger partial charge in [0.05, 0.1) is 18.8 Å². The number of fused-ring (bicyclic) bond motifs is 1. The molecule has 1 aromatic heterocycles. The van der Waals surface area contributed by atoms with E-state index in [9.17, 15) is 9.90 Å². The van der Waals surface area contributed by atoms with E-state index in [-0.39, 0.29) is 29.7 Å². The van der Waals surface area contributed by atoms with Gasteiger partial charge in [-0.15, -0.1) is 0 Å². The predicted octanol–water partition coefficient (Wildman–Crippen LogP) is 2.16. The van der Waals surface area contributed by atoms with Crippen molar-refractivity contribution in [3.05, 3.63) is 46.8 Å². The summed E-state index contributed by atoms with van der Waals surface area (Å²) >= 11 is 0. The molecule has 1 saturated carbocycles. The van der Waals surface area contributed by atoms with Crippen LogP contribution in [0.2, 0.25) is 0 Å². The third-order valence-corrected chi connectivity index (χ3v) is 4.84. The Morgan fingerprint density at radius 2 is 2.21 bits per heavy atom. The highest BCUT2D eigenvalue weighted by Gasteiger charge is 2.36. The molecular weight excluding hydrogens is 308 g/mol. The van der Waals surface area contributed by atoms with Crippen molar-refractivity contribution < 1.29 is 19.2 Å². The number of rotatable bonds is 4. The Hall–Kier alpha value is -2.34. The molecule has 2 aliphatic rings. The van der Waals surface area contributed by atoms with Crippen molar-refractivity contribution in [2.45, 2.75) is 38.3 Å². The topological polar surface area (TPSA) is 84.6 Å². The molecule has 1 aliphatic heterocycles. The molecule has 1 aromatic carbocycles. The second-order valence-electron chi connectivity index (χ2n) is 6.62. The maximum Gasteiger partial charge on any atom is 0.273 e. The van der Waals surface area contributed by atoms with Gasteiger partial charge < -0.3 is 19.7 Å². The maximum atomic E-state index is 12.5. The number of hydrogen-bond acceptors (Lipinski definition) is 5. The predicted molar refractivity (Wildman–Crippen MR) is 85.8 cm³/mol. The van der Waals surface area contributed by atoms with Gasteiger partial charge in [0.25, 0.3) is 5.91 Å². The normalized spacial score (nSPS) is 23.1. The third-order valence-electron chi connectivity index (χ3n) is 4.84. The lowest BCUT2D eigenvalue weighted by Gasteiger charge is -2.38. The number of amides is 1. The van der Waals surface area contributed by atoms with Crippen molar-refractivity contribution in [3.8, 4) is 5.75 Å². The van der Waals surface area contributed by atoms with E-state index in [4.69, 9.17) is 9.26 Å². The number of aromatic nitrogens is 1. The first-order valence-electron chi connectivity index (χ1n) is 8.28. The van der Waals surface area contributed by atoms with Gasteiger partial charge in [0.1, 0.15) is 11.5 Å². The lowest BCUT2D eigenvalue weighted by Crippen LogP contribution is -2.41. The average molecular weight is 328 g/mol. The Morgan fingerprint density at radius 1 is 1.38 bits per heavy atom. The first-order valence-corrected chi connectivity index (χ1v) is 8.28. The van der Waals surface area contributed by atoms with E-state index in [2.05, 4.69) is 16.5 Å². The van der Waals surface area contributed by atoms with Crippen LogP contribution in [0.3, 0.4) is 0 Å². The van der Waals surface area contributed by atoms with Gasteiger partial charge in [0, 0.05) is 12.5 Å². The number of aryl methyl sites for hydroxylation is 1. The van der Waals surface area contributed by atoms with Gasteiger partial charge in [0.15, 0.2) is 5.69 Å². The molecule has 4 rings (SSSR count). The summed E-state index contributed by atoms with van der Waals surface area (Å²) in [5, 5.41) is 16.5. The Morgan fingerprint density at radius 3 is 2.92 bits per heavy atom. The van der Waals surface area contributed by atoms with Crippen LogP contribution in [0.25, 0.3) is 0 Å². The molecular formula is C18H20N2O4. The van der Waals surface area contributed by atoms with E-state index < -0.39 is 0 Å². The number of aliphatic hydroxyl groups is 1. The summed E-state index contributed by atoms with van der Waals surface area (Å²) in [6, 6.07) is 7.54. The Balaban J connectivity index is 1.58. The molecule has 24 heavy (non-hydrogen) atoms. The number of aliphatic hydroxyl groups excluding tert-OH is 1. The number of hydrogen-bond donors (Lipinski definition) is 2. The molecule has 0 radical (unpaired) electrons. The van der Waals surface area contributed by atoms with E-state index in [1.807, 2.05) is 12.1 Å². The fraction of sp³-hybridized carbons (Fsp3) is 0.444. The summed E-state index contributed by atoms with van der Waals surface area (Å²) in [4.78, 5) is 12.5. The summed E-state index contributed by atoms with van der Waals surface area (Å²) in [6.45, 7) is 2.46. The maximum absolute atomic E-state index is 12.5. The van der Waals surface area contributed by atoms with Crippen LogP contribution in [-0.2, 0) is 6.42 Å². The molecule has 0 spiro atoms. The number of carbonyl (C=O) groups excluding carboxylic acids is 1. The SMILES string of the molecule is Cc1cc(C(=O)N[C@@H](c2ccc3c(c2)CCO3)C2CC(O)C2)no1. The van der Waals surface area contributed by atoms with Crippen molar-refractivity contribution in [1.29, 1.82) is 0 Å². The summed E-state index contributed by atoms with van der Waals surface area (Å²) in [6.07, 6.45) is 1.99. The number of benzene rings is 1. The minimum atomic E-state index is -0.276. The van der Waals surface area contributed by atoms with E-state index in [0.717, 1.165) is 17.7 Å². The zero-order valence-electron chi connectivity index (χ0n) is 13.5. The zero-order valence-corrected chi connectivity index (χ0v) is 13.5. The Bertz CT molecular complexity index is 764. The first-order chi connectivity index (χ1) is 11.6. The van der Waals surface area contributed by atoms with Gasteiger partial charge in [-0.2, -0.15) is 0 Å². The highest BCUT2D eigenvalue weighted by Crippen LogP contribution is 2.39. The van der Waals surface area contributed by atoms with Crippen molar-refractivity contribution in [2.24, 2.45) is 5.92 Å². The molecule has 6 heteroatoms. The smallest absolute Gasteiger partial charge is 0.273 e. The standard InChI is InChI=1S/C18H20N2O4/c1-10-6-15(20-24-10)18(22)19-17(13-8-14(21)9-13)12-2-3-16-11(7-12)4-5-23-16/h2-3,6-7,13-14,17,21H,4-5,8-9H2,1H3,(H,19,22)/t13?,14?,17-/m0/s1. The molecule has 0 unspecified atom stereocenters. The van der Waals surface area contributed by atoms with Crippen LogP contribution < -0.4 is 10.1 Å². The minimum Gasteiger partial charge on any atom is -0.493 e. The largest absolute Gasteiger partial charge is 0.493 e. The van der Waals surface area contributed by atoms with E-state index in [1.165, 1.54) is 5.56 Å². The Labute approximate surface area is 139 Å². The van der Waals surface area contributed by atoms with Crippen LogP contribution in [0.15, 0.2) is 28.8 Å². The zero-order chi connectivity index (χ0) is 16.7. The van der Waals surface area contributed by atoms with Crippen LogP contribution in [0.4, 0.5) is 0 Å². The van der Waals surface area contributed by atoms with Crippen LogP contribution in [0.5, 0.6) is 5.75 Å². The molecule has 2 N–H and O–H groups in total. The fourth-order valence-corrected chi connectivity index (χ4v) is 3.46. The van der Waals surface area contributed by atoms with Crippen molar-refractivity contribution in [2.75, 3.05) is 6.61 Å². The van der Waals surface area contributed by atoms with E-state index >= 15 is 0 Å². The summed E-state index contributed by atoms with van der Waals surface area (Å²) in [5.74, 6) is 1.49. The number of nitrogens with zero attached hydrogens (tertiary/aromatic N) is 1. The van der Waals surface area contributed by atoms with Gasteiger partial charge in [-0.05, 0) is 48.9 Å². The molecule has 126 valence electrons. The highest BCUT2D eigenvalue weighted by atomic mass is 16.5. The number of ether oxygens (including phenoxy) is 1. The first kappa shape index (κ1) is 15.2. The molecule has 0 saturated heterocycles. The Kier molecular flexibility index (Phi) is 3.76. The highest BCUT2D eigenvalue weighted by molar-refractivity contribution is 5.92. The van der Waals surface area contributed by atoms with Gasteiger partial charge in [-0.1, -0.05) is 11.2 Å². The van der Waals surface area contributed by atoms with Crippen LogP contribution in [-0.4, -0.2) is 28.9 Å². The molecule has 6 nitrogen and oxygen atoms in total. The lowest BCUT2D eigenvalue weighted by atomic mass is 9.75. The number of carbonyl (C=O) groups is 1. The molecule has 0 bridgehead atoms. The average Bonchev–Trinajstić information content (AvgIpc) is 3.17. The molecule has 1 amide bonds. The molecule has 2 aromatic rings. The van der Waals surface area contributed by atoms with Gasteiger partial charge in [0.2, 0.25) is 0 Å². The van der Waals surface area contributed by atoms with Crippen LogP contribution >= 0.6 is 0 Å². The minimum absolute atomic E-state index is 0.149. The summed E-state index contributed by atoms with van der Waals surface area (Å²) < 4.78 is 10.5. The number of nitrogens with one attached hydrogen (secondary N) is 1. The summed E-state index contributed by atoms with van der Waals surface area (Å²) in [7, 11) is 0. The van der Waals surface area contributed by atoms with Crippen molar-refractivity contribution >= 4 is 5.91 Å². The summed E-state index contributed by atoms with van der Waals surface area (Å²) in [5.41, 5.74) is 2.50. The molecule has 1 fully saturated rings. The molecule has 1 atom stereocenters. The van der Waals surface area contributed by atoms with E-state index in [1.54, 1.807) is 13.0 Å². The quantitative estimate of drug-likeness (QED) is 0.898. The van der Waals surface area contributed by atoms with Crippen molar-refractivity contribution in [3.63, 3.8) is 0 Å². The molecule has 1 aliphatic carbocycles. The second kappa shape index (κ2) is 5.94.